The average molecular weight is 228 g/mol. The minimum absolute atomic E-state index is 0.297. The third-order valence-electron chi connectivity index (χ3n) is 1.99. The fraction of sp³-hybridized carbons (Fsp3) is 0.500. The molecule has 1 aromatic carbocycles. The van der Waals surface area contributed by atoms with Gasteiger partial charge in [-0.2, -0.15) is 0 Å². The van der Waals surface area contributed by atoms with Crippen molar-refractivity contribution in [3.8, 4) is 0 Å². The highest BCUT2D eigenvalue weighted by Crippen LogP contribution is 2.10. The van der Waals surface area contributed by atoms with Gasteiger partial charge in [0.25, 0.3) is 0 Å². The van der Waals surface area contributed by atoms with E-state index < -0.39 is 0 Å². The first kappa shape index (κ1) is 12.3. The van der Waals surface area contributed by atoms with Crippen LogP contribution < -0.4 is 5.32 Å². The van der Waals surface area contributed by atoms with Gasteiger partial charge in [-0.3, -0.25) is 0 Å². The summed E-state index contributed by atoms with van der Waals surface area (Å²) in [5, 5.41) is 3.28. The molecule has 0 fully saturated rings. The number of ether oxygens (including phenoxy) is 1. The summed E-state index contributed by atoms with van der Waals surface area (Å²) in [6.07, 6.45) is 0.297. The van der Waals surface area contributed by atoms with Gasteiger partial charge in [-0.15, -0.1) is 11.6 Å². The molecule has 0 saturated carbocycles. The molecule has 1 rings (SSSR count). The summed E-state index contributed by atoms with van der Waals surface area (Å²) in [4.78, 5) is 0. The van der Waals surface area contributed by atoms with E-state index in [2.05, 4.69) is 5.32 Å². The van der Waals surface area contributed by atoms with Crippen LogP contribution in [0.2, 0.25) is 0 Å². The van der Waals surface area contributed by atoms with Gasteiger partial charge in [-0.25, -0.2) is 0 Å². The standard InChI is InChI=1S/C12H18ClNO/c1-10(2)15-8-7-14-12-5-3-11(9-13)4-6-12/h3-6,10,14H,7-9H2,1-2H3. The van der Waals surface area contributed by atoms with E-state index in [9.17, 15) is 0 Å². The Bertz CT molecular complexity index is 271. The molecule has 1 N–H and O–H groups in total. The normalized spacial score (nSPS) is 10.7. The summed E-state index contributed by atoms with van der Waals surface area (Å²) in [5.41, 5.74) is 2.25. The van der Waals surface area contributed by atoms with Crippen LogP contribution in [-0.2, 0) is 10.6 Å². The van der Waals surface area contributed by atoms with Crippen molar-refractivity contribution in [2.24, 2.45) is 0 Å². The molecule has 0 radical (unpaired) electrons. The van der Waals surface area contributed by atoms with E-state index in [-0.39, 0.29) is 0 Å². The van der Waals surface area contributed by atoms with Crippen molar-refractivity contribution in [1.82, 2.24) is 0 Å². The van der Waals surface area contributed by atoms with Gasteiger partial charge in [0.1, 0.15) is 0 Å². The molecule has 0 aliphatic carbocycles. The summed E-state index contributed by atoms with van der Waals surface area (Å²) in [6.45, 7) is 5.64. The van der Waals surface area contributed by atoms with Crippen molar-refractivity contribution in [2.75, 3.05) is 18.5 Å². The Kier molecular flexibility index (Phi) is 5.51. The Morgan fingerprint density at radius 3 is 2.47 bits per heavy atom. The zero-order chi connectivity index (χ0) is 11.1. The van der Waals surface area contributed by atoms with E-state index in [1.807, 2.05) is 38.1 Å². The van der Waals surface area contributed by atoms with Crippen LogP contribution in [0.3, 0.4) is 0 Å². The van der Waals surface area contributed by atoms with E-state index in [1.54, 1.807) is 0 Å². The zero-order valence-electron chi connectivity index (χ0n) is 9.29. The number of rotatable bonds is 6. The van der Waals surface area contributed by atoms with Crippen LogP contribution in [0.15, 0.2) is 24.3 Å². The number of benzene rings is 1. The molecule has 0 unspecified atom stereocenters. The van der Waals surface area contributed by atoms with Gasteiger partial charge < -0.3 is 10.1 Å². The van der Waals surface area contributed by atoms with Gasteiger partial charge >= 0.3 is 0 Å². The van der Waals surface area contributed by atoms with Crippen LogP contribution in [0, 0.1) is 0 Å². The molecule has 0 aliphatic heterocycles. The van der Waals surface area contributed by atoms with E-state index in [0.29, 0.717) is 12.0 Å². The maximum atomic E-state index is 5.70. The number of hydrogen-bond donors (Lipinski definition) is 1. The second-order valence-electron chi connectivity index (χ2n) is 3.68. The van der Waals surface area contributed by atoms with Gasteiger partial charge in [0.05, 0.1) is 12.7 Å². The van der Waals surface area contributed by atoms with Crippen LogP contribution in [0.1, 0.15) is 19.4 Å². The molecule has 0 atom stereocenters. The molecule has 0 aliphatic rings. The number of hydrogen-bond acceptors (Lipinski definition) is 2. The molecule has 0 spiro atoms. The largest absolute Gasteiger partial charge is 0.383 e. The van der Waals surface area contributed by atoms with E-state index in [0.717, 1.165) is 24.4 Å². The van der Waals surface area contributed by atoms with Crippen LogP contribution in [0.4, 0.5) is 5.69 Å². The van der Waals surface area contributed by atoms with Crippen molar-refractivity contribution < 1.29 is 4.74 Å². The van der Waals surface area contributed by atoms with Crippen molar-refractivity contribution >= 4 is 17.3 Å². The van der Waals surface area contributed by atoms with Crippen LogP contribution in [0.5, 0.6) is 0 Å². The molecular formula is C12H18ClNO. The number of alkyl halides is 1. The molecule has 2 nitrogen and oxygen atoms in total. The fourth-order valence-electron chi connectivity index (χ4n) is 1.20. The summed E-state index contributed by atoms with van der Waals surface area (Å²) in [6, 6.07) is 8.12. The Balaban J connectivity index is 2.25. The highest BCUT2D eigenvalue weighted by atomic mass is 35.5. The highest BCUT2D eigenvalue weighted by molar-refractivity contribution is 6.17. The van der Waals surface area contributed by atoms with Gasteiger partial charge in [0.15, 0.2) is 0 Å². The molecule has 0 amide bonds. The topological polar surface area (TPSA) is 21.3 Å². The molecule has 84 valence electrons. The lowest BCUT2D eigenvalue weighted by molar-refractivity contribution is 0.0870. The van der Waals surface area contributed by atoms with Crippen molar-refractivity contribution in [2.45, 2.75) is 25.8 Å². The highest BCUT2D eigenvalue weighted by Gasteiger charge is 1.94. The molecule has 0 bridgehead atoms. The predicted molar refractivity (Wildman–Crippen MR) is 65.6 cm³/mol. The van der Waals surface area contributed by atoms with Gasteiger partial charge in [0.2, 0.25) is 0 Å². The SMILES string of the molecule is CC(C)OCCNc1ccc(CCl)cc1. The average Bonchev–Trinajstić information content (AvgIpc) is 2.25. The summed E-state index contributed by atoms with van der Waals surface area (Å²) in [5.74, 6) is 0.566. The van der Waals surface area contributed by atoms with Crippen LogP contribution >= 0.6 is 11.6 Å². The first-order valence-electron chi connectivity index (χ1n) is 5.22. The minimum atomic E-state index is 0.297. The monoisotopic (exact) mass is 227 g/mol. The molecular weight excluding hydrogens is 210 g/mol. The first-order chi connectivity index (χ1) is 7.22. The second-order valence-corrected chi connectivity index (χ2v) is 3.94. The first-order valence-corrected chi connectivity index (χ1v) is 5.76. The van der Waals surface area contributed by atoms with Crippen molar-refractivity contribution in [3.63, 3.8) is 0 Å². The Morgan fingerprint density at radius 2 is 1.93 bits per heavy atom. The smallest absolute Gasteiger partial charge is 0.0642 e. The third-order valence-corrected chi connectivity index (χ3v) is 2.30. The Labute approximate surface area is 96.6 Å². The summed E-state index contributed by atoms with van der Waals surface area (Å²) >= 11 is 5.70. The number of anilines is 1. The molecule has 3 heteroatoms. The van der Waals surface area contributed by atoms with Gasteiger partial charge in [-0.1, -0.05) is 12.1 Å². The maximum Gasteiger partial charge on any atom is 0.0642 e. The molecule has 0 aromatic heterocycles. The lowest BCUT2D eigenvalue weighted by Gasteiger charge is -2.09. The van der Waals surface area contributed by atoms with E-state index in [1.165, 1.54) is 0 Å². The number of nitrogens with one attached hydrogen (secondary N) is 1. The van der Waals surface area contributed by atoms with E-state index in [4.69, 9.17) is 16.3 Å². The van der Waals surface area contributed by atoms with Crippen LogP contribution in [0.25, 0.3) is 0 Å². The van der Waals surface area contributed by atoms with Gasteiger partial charge in [0, 0.05) is 18.1 Å². The fourth-order valence-corrected chi connectivity index (χ4v) is 1.38. The molecule has 15 heavy (non-hydrogen) atoms. The quantitative estimate of drug-likeness (QED) is 0.595. The molecule has 1 aromatic rings. The zero-order valence-corrected chi connectivity index (χ0v) is 10.1. The third kappa shape index (κ3) is 5.05. The lowest BCUT2D eigenvalue weighted by Crippen LogP contribution is -2.13. The number of halogens is 1. The van der Waals surface area contributed by atoms with Crippen molar-refractivity contribution in [1.29, 1.82) is 0 Å². The predicted octanol–water partition coefficient (Wildman–Crippen LogP) is 3.26. The Morgan fingerprint density at radius 1 is 1.27 bits per heavy atom. The second kappa shape index (κ2) is 6.70. The Hall–Kier alpha value is -0.730. The van der Waals surface area contributed by atoms with Gasteiger partial charge in [-0.05, 0) is 31.5 Å². The van der Waals surface area contributed by atoms with Crippen LogP contribution in [-0.4, -0.2) is 19.3 Å². The summed E-state index contributed by atoms with van der Waals surface area (Å²) in [7, 11) is 0. The van der Waals surface area contributed by atoms with E-state index >= 15 is 0 Å². The summed E-state index contributed by atoms with van der Waals surface area (Å²) < 4.78 is 5.42. The lowest BCUT2D eigenvalue weighted by atomic mass is 10.2. The molecule has 0 heterocycles. The maximum absolute atomic E-state index is 5.70. The van der Waals surface area contributed by atoms with Crippen molar-refractivity contribution in [3.05, 3.63) is 29.8 Å². The molecule has 0 saturated heterocycles. The minimum Gasteiger partial charge on any atom is -0.383 e.